The van der Waals surface area contributed by atoms with Crippen molar-refractivity contribution in [2.24, 2.45) is 5.92 Å². The number of aliphatic hydroxyl groups is 1. The van der Waals surface area contributed by atoms with E-state index in [-0.39, 0.29) is 6.10 Å². The summed E-state index contributed by atoms with van der Waals surface area (Å²) in [5.74, 6) is 1.40. The monoisotopic (exact) mass is 252 g/mol. The van der Waals surface area contributed by atoms with Crippen LogP contribution >= 0.6 is 0 Å². The van der Waals surface area contributed by atoms with Gasteiger partial charge in [-0.1, -0.05) is 26.0 Å². The second-order valence-electron chi connectivity index (χ2n) is 5.01. The smallest absolute Gasteiger partial charge is 0.119 e. The molecule has 0 aliphatic heterocycles. The first-order chi connectivity index (χ1) is 8.58. The summed E-state index contributed by atoms with van der Waals surface area (Å²) in [6, 6.07) is 7.83. The SMILES string of the molecule is CC(C)COCCOc1ccc(CC(C)O)cc1. The Balaban J connectivity index is 2.22. The maximum absolute atomic E-state index is 9.27. The van der Waals surface area contributed by atoms with Crippen LogP contribution in [0.5, 0.6) is 5.75 Å². The van der Waals surface area contributed by atoms with Gasteiger partial charge in [0.2, 0.25) is 0 Å². The molecule has 0 bridgehead atoms. The molecule has 1 unspecified atom stereocenters. The highest BCUT2D eigenvalue weighted by Gasteiger charge is 2.00. The van der Waals surface area contributed by atoms with E-state index >= 15 is 0 Å². The zero-order chi connectivity index (χ0) is 13.4. The summed E-state index contributed by atoms with van der Waals surface area (Å²) in [6.07, 6.45) is 0.374. The van der Waals surface area contributed by atoms with Crippen molar-refractivity contribution in [2.45, 2.75) is 33.3 Å². The predicted octanol–water partition coefficient (Wildman–Crippen LogP) is 2.66. The highest BCUT2D eigenvalue weighted by Crippen LogP contribution is 2.13. The van der Waals surface area contributed by atoms with Crippen molar-refractivity contribution in [3.8, 4) is 5.75 Å². The van der Waals surface area contributed by atoms with Crippen molar-refractivity contribution in [3.63, 3.8) is 0 Å². The van der Waals surface area contributed by atoms with Gasteiger partial charge in [-0.2, -0.15) is 0 Å². The lowest BCUT2D eigenvalue weighted by atomic mass is 10.1. The number of hydrogen-bond acceptors (Lipinski definition) is 3. The molecule has 3 nitrogen and oxygen atoms in total. The van der Waals surface area contributed by atoms with E-state index in [0.717, 1.165) is 17.9 Å². The highest BCUT2D eigenvalue weighted by molar-refractivity contribution is 5.27. The lowest BCUT2D eigenvalue weighted by molar-refractivity contribution is 0.0819. The Morgan fingerprint density at radius 3 is 2.28 bits per heavy atom. The van der Waals surface area contributed by atoms with Crippen molar-refractivity contribution >= 4 is 0 Å². The van der Waals surface area contributed by atoms with Crippen LogP contribution in [0.25, 0.3) is 0 Å². The van der Waals surface area contributed by atoms with Crippen molar-refractivity contribution in [1.29, 1.82) is 0 Å². The van der Waals surface area contributed by atoms with Crippen LogP contribution in [0.15, 0.2) is 24.3 Å². The zero-order valence-corrected chi connectivity index (χ0v) is 11.6. The Morgan fingerprint density at radius 2 is 1.72 bits per heavy atom. The van der Waals surface area contributed by atoms with Crippen molar-refractivity contribution in [1.82, 2.24) is 0 Å². The van der Waals surface area contributed by atoms with Gasteiger partial charge in [-0.3, -0.25) is 0 Å². The third kappa shape index (κ3) is 6.62. The average molecular weight is 252 g/mol. The Hall–Kier alpha value is -1.06. The minimum absolute atomic E-state index is 0.304. The second-order valence-corrected chi connectivity index (χ2v) is 5.01. The molecule has 0 saturated carbocycles. The first-order valence-corrected chi connectivity index (χ1v) is 6.55. The molecule has 1 N–H and O–H groups in total. The van der Waals surface area contributed by atoms with Gasteiger partial charge in [-0.15, -0.1) is 0 Å². The van der Waals surface area contributed by atoms with Crippen LogP contribution in [-0.4, -0.2) is 31.0 Å². The third-order valence-corrected chi connectivity index (χ3v) is 2.40. The van der Waals surface area contributed by atoms with Gasteiger partial charge < -0.3 is 14.6 Å². The molecule has 1 aromatic carbocycles. The molecule has 3 heteroatoms. The number of hydrogen-bond donors (Lipinski definition) is 1. The molecule has 102 valence electrons. The van der Waals surface area contributed by atoms with Crippen LogP contribution in [0.3, 0.4) is 0 Å². The van der Waals surface area contributed by atoms with Gasteiger partial charge in [0.05, 0.1) is 12.7 Å². The molecule has 0 aliphatic rings. The van der Waals surface area contributed by atoms with Gasteiger partial charge in [-0.25, -0.2) is 0 Å². The van der Waals surface area contributed by atoms with Gasteiger partial charge in [0, 0.05) is 6.61 Å². The summed E-state index contributed by atoms with van der Waals surface area (Å²) in [4.78, 5) is 0. The summed E-state index contributed by atoms with van der Waals surface area (Å²) < 4.78 is 11.0. The molecule has 0 fully saturated rings. The highest BCUT2D eigenvalue weighted by atomic mass is 16.5. The van der Waals surface area contributed by atoms with Gasteiger partial charge in [0.25, 0.3) is 0 Å². The van der Waals surface area contributed by atoms with E-state index in [1.165, 1.54) is 0 Å². The van der Waals surface area contributed by atoms with E-state index in [2.05, 4.69) is 13.8 Å². The fourth-order valence-corrected chi connectivity index (χ4v) is 1.60. The molecule has 0 heterocycles. The normalized spacial score (nSPS) is 12.7. The van der Waals surface area contributed by atoms with Crippen LogP contribution in [-0.2, 0) is 11.2 Å². The van der Waals surface area contributed by atoms with Gasteiger partial charge in [-0.05, 0) is 37.0 Å². The Labute approximate surface area is 110 Å². The van der Waals surface area contributed by atoms with Crippen LogP contribution in [0.2, 0.25) is 0 Å². The summed E-state index contributed by atoms with van der Waals surface area (Å²) in [7, 11) is 0. The Bertz CT molecular complexity index is 317. The number of ether oxygens (including phenoxy) is 2. The number of rotatable bonds is 8. The molecule has 1 rings (SSSR count). The molecule has 1 atom stereocenters. The molecule has 0 amide bonds. The van der Waals surface area contributed by atoms with Gasteiger partial charge >= 0.3 is 0 Å². The van der Waals surface area contributed by atoms with E-state index < -0.39 is 0 Å². The van der Waals surface area contributed by atoms with Gasteiger partial charge in [0.1, 0.15) is 12.4 Å². The Morgan fingerprint density at radius 1 is 1.06 bits per heavy atom. The topological polar surface area (TPSA) is 38.7 Å². The maximum Gasteiger partial charge on any atom is 0.119 e. The third-order valence-electron chi connectivity index (χ3n) is 2.40. The minimum Gasteiger partial charge on any atom is -0.491 e. The second kappa shape index (κ2) is 8.11. The van der Waals surface area contributed by atoms with Crippen LogP contribution in [0.1, 0.15) is 26.3 Å². The van der Waals surface area contributed by atoms with Crippen molar-refractivity contribution < 1.29 is 14.6 Å². The molecule has 0 aromatic heterocycles. The first kappa shape index (κ1) is 15.0. The lowest BCUT2D eigenvalue weighted by Gasteiger charge is -2.09. The molecular weight excluding hydrogens is 228 g/mol. The largest absolute Gasteiger partial charge is 0.491 e. The summed E-state index contributed by atoms with van der Waals surface area (Å²) in [6.45, 7) is 8.01. The quantitative estimate of drug-likeness (QED) is 0.723. The molecule has 1 aromatic rings. The number of aliphatic hydroxyl groups excluding tert-OH is 1. The van der Waals surface area contributed by atoms with Crippen molar-refractivity contribution in [2.75, 3.05) is 19.8 Å². The summed E-state index contributed by atoms with van der Waals surface area (Å²) in [5.41, 5.74) is 1.12. The molecular formula is C15H24O3. The van der Waals surface area contributed by atoms with E-state index in [1.807, 2.05) is 24.3 Å². The first-order valence-electron chi connectivity index (χ1n) is 6.55. The summed E-state index contributed by atoms with van der Waals surface area (Å²) >= 11 is 0. The van der Waals surface area contributed by atoms with E-state index in [1.54, 1.807) is 6.92 Å². The predicted molar refractivity (Wildman–Crippen MR) is 73.0 cm³/mol. The van der Waals surface area contributed by atoms with E-state index in [9.17, 15) is 5.11 Å². The van der Waals surface area contributed by atoms with E-state index in [4.69, 9.17) is 9.47 Å². The molecule has 0 aliphatic carbocycles. The Kier molecular flexibility index (Phi) is 6.76. The average Bonchev–Trinajstić information content (AvgIpc) is 2.30. The van der Waals surface area contributed by atoms with Crippen LogP contribution in [0.4, 0.5) is 0 Å². The van der Waals surface area contributed by atoms with E-state index in [0.29, 0.717) is 25.6 Å². The fourth-order valence-electron chi connectivity index (χ4n) is 1.60. The van der Waals surface area contributed by atoms with Crippen molar-refractivity contribution in [3.05, 3.63) is 29.8 Å². The molecule has 18 heavy (non-hydrogen) atoms. The zero-order valence-electron chi connectivity index (χ0n) is 11.6. The molecule has 0 spiro atoms. The fraction of sp³-hybridized carbons (Fsp3) is 0.600. The number of benzene rings is 1. The van der Waals surface area contributed by atoms with Crippen LogP contribution < -0.4 is 4.74 Å². The van der Waals surface area contributed by atoms with Gasteiger partial charge in [0.15, 0.2) is 0 Å². The van der Waals surface area contributed by atoms with Crippen LogP contribution in [0, 0.1) is 5.92 Å². The molecule has 0 saturated heterocycles. The standard InChI is InChI=1S/C15H24O3/c1-12(2)11-17-8-9-18-15-6-4-14(5-7-15)10-13(3)16/h4-7,12-13,16H,8-11H2,1-3H3. The summed E-state index contributed by atoms with van der Waals surface area (Å²) in [5, 5.41) is 9.27. The molecule has 0 radical (unpaired) electrons. The minimum atomic E-state index is -0.304. The maximum atomic E-state index is 9.27. The lowest BCUT2D eigenvalue weighted by Crippen LogP contribution is -2.10.